The molecule has 1 aliphatic carbocycles. The summed E-state index contributed by atoms with van der Waals surface area (Å²) in [6.45, 7) is 4.51. The molecule has 6 nitrogen and oxygen atoms in total. The molecular formula is C15H23NO5. The van der Waals surface area contributed by atoms with Crippen molar-refractivity contribution in [2.24, 2.45) is 10.8 Å². The maximum atomic E-state index is 13.0. The van der Waals surface area contributed by atoms with Crippen molar-refractivity contribution in [3.63, 3.8) is 0 Å². The van der Waals surface area contributed by atoms with Gasteiger partial charge in [0.1, 0.15) is 10.8 Å². The molecule has 0 unspecified atom stereocenters. The maximum Gasteiger partial charge on any atom is 0.320 e. The van der Waals surface area contributed by atoms with Crippen LogP contribution in [0.3, 0.4) is 0 Å². The van der Waals surface area contributed by atoms with E-state index >= 15 is 0 Å². The lowest BCUT2D eigenvalue weighted by Crippen LogP contribution is -2.67. The third kappa shape index (κ3) is 2.35. The summed E-state index contributed by atoms with van der Waals surface area (Å²) in [5, 5.41) is 0. The number of ether oxygens (including phenoxy) is 2. The Morgan fingerprint density at radius 3 is 1.86 bits per heavy atom. The van der Waals surface area contributed by atoms with Gasteiger partial charge in [0.2, 0.25) is 0 Å². The Bertz CT molecular complexity index is 425. The van der Waals surface area contributed by atoms with Crippen LogP contribution in [0.4, 0.5) is 0 Å². The minimum atomic E-state index is -1.21. The number of ketones is 1. The molecule has 1 saturated heterocycles. The summed E-state index contributed by atoms with van der Waals surface area (Å²) >= 11 is 0. The van der Waals surface area contributed by atoms with E-state index in [0.717, 1.165) is 0 Å². The second kappa shape index (κ2) is 5.75. The van der Waals surface area contributed by atoms with E-state index < -0.39 is 22.8 Å². The summed E-state index contributed by atoms with van der Waals surface area (Å²) in [4.78, 5) is 39.6. The smallest absolute Gasteiger partial charge is 0.320 e. The number of likely N-dealkylation sites (tertiary alicyclic amines) is 1. The highest BCUT2D eigenvalue weighted by molar-refractivity contribution is 6.16. The van der Waals surface area contributed by atoms with Crippen molar-refractivity contribution in [3.8, 4) is 0 Å². The number of hydrogen-bond acceptors (Lipinski definition) is 6. The highest BCUT2D eigenvalue weighted by atomic mass is 16.5. The molecule has 1 aliphatic heterocycles. The van der Waals surface area contributed by atoms with Gasteiger partial charge in [-0.15, -0.1) is 0 Å². The van der Waals surface area contributed by atoms with Crippen LogP contribution < -0.4 is 0 Å². The molecule has 2 aliphatic rings. The van der Waals surface area contributed by atoms with Crippen molar-refractivity contribution in [2.45, 2.75) is 33.1 Å². The van der Waals surface area contributed by atoms with Gasteiger partial charge in [0.15, 0.2) is 5.78 Å². The summed E-state index contributed by atoms with van der Waals surface area (Å²) < 4.78 is 10.2. The second-order valence-electron chi connectivity index (χ2n) is 5.96. The Morgan fingerprint density at radius 2 is 1.48 bits per heavy atom. The lowest BCUT2D eigenvalue weighted by molar-refractivity contribution is -0.184. The fourth-order valence-electron chi connectivity index (χ4n) is 3.71. The topological polar surface area (TPSA) is 72.9 Å². The molecule has 1 saturated carbocycles. The van der Waals surface area contributed by atoms with E-state index in [1.807, 2.05) is 11.9 Å². The fraction of sp³-hybridized carbons (Fsp3) is 0.800. The molecule has 2 atom stereocenters. The van der Waals surface area contributed by atoms with Crippen LogP contribution in [0.2, 0.25) is 0 Å². The molecule has 1 heterocycles. The zero-order chi connectivity index (χ0) is 15.7. The number of fused-ring (bicyclic) bond motifs is 2. The summed E-state index contributed by atoms with van der Waals surface area (Å²) in [5.41, 5.74) is -2.43. The Balaban J connectivity index is 2.42. The molecule has 0 aromatic carbocycles. The van der Waals surface area contributed by atoms with E-state index in [0.29, 0.717) is 32.4 Å². The third-order valence-electron chi connectivity index (χ3n) is 4.49. The minimum absolute atomic E-state index is 0.226. The normalized spacial score (nSPS) is 32.6. The van der Waals surface area contributed by atoms with E-state index in [2.05, 4.69) is 0 Å². The van der Waals surface area contributed by atoms with E-state index in [1.165, 1.54) is 0 Å². The van der Waals surface area contributed by atoms with Crippen LogP contribution >= 0.6 is 0 Å². The number of rotatable bonds is 4. The summed E-state index contributed by atoms with van der Waals surface area (Å²) in [7, 11) is 1.82. The van der Waals surface area contributed by atoms with E-state index in [1.54, 1.807) is 13.8 Å². The minimum Gasteiger partial charge on any atom is -0.465 e. The van der Waals surface area contributed by atoms with Crippen molar-refractivity contribution in [2.75, 3.05) is 33.4 Å². The first kappa shape index (κ1) is 15.9. The van der Waals surface area contributed by atoms with Crippen molar-refractivity contribution in [1.82, 2.24) is 4.90 Å². The van der Waals surface area contributed by atoms with Crippen LogP contribution in [0, 0.1) is 10.8 Å². The molecule has 2 rings (SSSR count). The average molecular weight is 297 g/mol. The van der Waals surface area contributed by atoms with Gasteiger partial charge in [0, 0.05) is 13.1 Å². The lowest BCUT2D eigenvalue weighted by Gasteiger charge is -2.50. The highest BCUT2D eigenvalue weighted by Gasteiger charge is 2.65. The number of esters is 2. The summed E-state index contributed by atoms with van der Waals surface area (Å²) in [5.74, 6) is -1.32. The van der Waals surface area contributed by atoms with Crippen LogP contribution in [0.5, 0.6) is 0 Å². The molecule has 0 spiro atoms. The first-order chi connectivity index (χ1) is 9.93. The number of Topliss-reactive ketones (excluding diaryl/α,β-unsaturated/α-hetero) is 1. The maximum absolute atomic E-state index is 13.0. The molecule has 0 aromatic heterocycles. The number of carbonyl (C=O) groups is 3. The zero-order valence-electron chi connectivity index (χ0n) is 12.9. The second-order valence-corrected chi connectivity index (χ2v) is 5.96. The Kier molecular flexibility index (Phi) is 4.37. The molecule has 21 heavy (non-hydrogen) atoms. The standard InChI is InChI=1S/C15H23NO5/c1-4-20-12(18)14-7-6-8-15(11(14)17,10-16(3)9-14)13(19)21-5-2/h4-10H2,1-3H3/t14-,15+. The Hall–Kier alpha value is -1.43. The number of nitrogens with zero attached hydrogens (tertiary/aromatic N) is 1. The largest absolute Gasteiger partial charge is 0.465 e. The average Bonchev–Trinajstić information content (AvgIpc) is 2.41. The van der Waals surface area contributed by atoms with E-state index in [-0.39, 0.29) is 19.0 Å². The molecule has 118 valence electrons. The number of carbonyl (C=O) groups excluding carboxylic acids is 3. The molecule has 2 fully saturated rings. The molecule has 0 N–H and O–H groups in total. The zero-order valence-corrected chi connectivity index (χ0v) is 12.9. The SMILES string of the molecule is CCOC(=O)[C@]12CCC[C@](C(=O)OCC)(CN(C)C1)C2=O. The molecule has 6 heteroatoms. The molecular weight excluding hydrogens is 274 g/mol. The fourth-order valence-corrected chi connectivity index (χ4v) is 3.71. The highest BCUT2D eigenvalue weighted by Crippen LogP contribution is 2.49. The summed E-state index contributed by atoms with van der Waals surface area (Å²) in [6, 6.07) is 0. The molecule has 0 aromatic rings. The number of piperidine rings is 1. The van der Waals surface area contributed by atoms with Gasteiger partial charge in [-0.2, -0.15) is 0 Å². The quantitative estimate of drug-likeness (QED) is 0.564. The lowest BCUT2D eigenvalue weighted by atomic mass is 9.58. The van der Waals surface area contributed by atoms with Crippen LogP contribution in [-0.4, -0.2) is 56.0 Å². The van der Waals surface area contributed by atoms with Gasteiger partial charge in [0.25, 0.3) is 0 Å². The van der Waals surface area contributed by atoms with Gasteiger partial charge in [-0.05, 0) is 33.7 Å². The van der Waals surface area contributed by atoms with Crippen molar-refractivity contribution in [1.29, 1.82) is 0 Å². The first-order valence-electron chi connectivity index (χ1n) is 7.51. The van der Waals surface area contributed by atoms with Gasteiger partial charge in [0.05, 0.1) is 13.2 Å². The van der Waals surface area contributed by atoms with Crippen LogP contribution in [0.25, 0.3) is 0 Å². The van der Waals surface area contributed by atoms with Crippen molar-refractivity contribution in [3.05, 3.63) is 0 Å². The van der Waals surface area contributed by atoms with Gasteiger partial charge >= 0.3 is 11.9 Å². The van der Waals surface area contributed by atoms with E-state index in [4.69, 9.17) is 9.47 Å². The Morgan fingerprint density at radius 1 is 1.05 bits per heavy atom. The molecule has 2 bridgehead atoms. The van der Waals surface area contributed by atoms with E-state index in [9.17, 15) is 14.4 Å². The monoisotopic (exact) mass is 297 g/mol. The Labute approximate surface area is 124 Å². The number of hydrogen-bond donors (Lipinski definition) is 0. The van der Waals surface area contributed by atoms with Gasteiger partial charge in [-0.1, -0.05) is 6.42 Å². The first-order valence-corrected chi connectivity index (χ1v) is 7.51. The van der Waals surface area contributed by atoms with Gasteiger partial charge in [-0.25, -0.2) is 0 Å². The van der Waals surface area contributed by atoms with Gasteiger partial charge < -0.3 is 14.4 Å². The van der Waals surface area contributed by atoms with Crippen LogP contribution in [-0.2, 0) is 23.9 Å². The van der Waals surface area contributed by atoms with Gasteiger partial charge in [-0.3, -0.25) is 14.4 Å². The molecule has 0 radical (unpaired) electrons. The van der Waals surface area contributed by atoms with Crippen LogP contribution in [0.1, 0.15) is 33.1 Å². The van der Waals surface area contributed by atoms with Crippen molar-refractivity contribution < 1.29 is 23.9 Å². The predicted molar refractivity (Wildman–Crippen MR) is 74.5 cm³/mol. The third-order valence-corrected chi connectivity index (χ3v) is 4.49. The molecule has 0 amide bonds. The predicted octanol–water partition coefficient (Wildman–Crippen LogP) is 0.784. The van der Waals surface area contributed by atoms with Crippen molar-refractivity contribution >= 4 is 17.7 Å². The summed E-state index contributed by atoms with van der Waals surface area (Å²) in [6.07, 6.45) is 1.53. The van der Waals surface area contributed by atoms with Crippen LogP contribution in [0.15, 0.2) is 0 Å².